The Morgan fingerprint density at radius 1 is 1.16 bits per heavy atom. The van der Waals surface area contributed by atoms with E-state index in [-0.39, 0.29) is 29.9 Å². The third-order valence-corrected chi connectivity index (χ3v) is 6.77. The quantitative estimate of drug-likeness (QED) is 0.352. The van der Waals surface area contributed by atoms with Crippen LogP contribution in [0.5, 0.6) is 0 Å². The molecule has 32 heavy (non-hydrogen) atoms. The highest BCUT2D eigenvalue weighted by atomic mass is 35.5. The fraction of sp³-hybridized carbons (Fsp3) is 0.391. The van der Waals surface area contributed by atoms with Crippen LogP contribution in [0, 0.1) is 5.82 Å². The van der Waals surface area contributed by atoms with Crippen molar-refractivity contribution in [1.29, 1.82) is 0 Å². The maximum atomic E-state index is 14.0. The number of nitrogens with zero attached hydrogens (tertiary/aromatic N) is 1. The van der Waals surface area contributed by atoms with Gasteiger partial charge < -0.3 is 10.2 Å². The molecule has 0 bridgehead atoms. The first kappa shape index (κ1) is 26.8. The summed E-state index contributed by atoms with van der Waals surface area (Å²) in [5.74, 6) is -0.608. The molecule has 0 saturated heterocycles. The van der Waals surface area contributed by atoms with Gasteiger partial charge in [0, 0.05) is 39.5 Å². The molecule has 0 saturated carbocycles. The van der Waals surface area contributed by atoms with Gasteiger partial charge in [-0.2, -0.15) is 0 Å². The number of carbonyl (C=O) groups excluding carboxylic acids is 2. The second-order valence-electron chi connectivity index (χ2n) is 7.27. The maximum absolute atomic E-state index is 14.0. The third kappa shape index (κ3) is 7.84. The monoisotopic (exact) mass is 518 g/mol. The number of rotatable bonds is 11. The molecule has 1 N–H and O–H groups in total. The fourth-order valence-electron chi connectivity index (χ4n) is 2.95. The van der Waals surface area contributed by atoms with Crippen LogP contribution < -0.4 is 5.32 Å². The lowest BCUT2D eigenvalue weighted by Crippen LogP contribution is -2.48. The molecule has 4 nitrogen and oxygen atoms in total. The van der Waals surface area contributed by atoms with Crippen LogP contribution in [-0.2, 0) is 21.9 Å². The molecule has 174 valence electrons. The summed E-state index contributed by atoms with van der Waals surface area (Å²) in [6.45, 7) is 4.41. The molecule has 0 fully saturated rings. The lowest BCUT2D eigenvalue weighted by atomic mass is 10.1. The predicted molar refractivity (Wildman–Crippen MR) is 132 cm³/mol. The minimum atomic E-state index is -0.705. The van der Waals surface area contributed by atoms with E-state index in [4.69, 9.17) is 34.8 Å². The smallest absolute Gasteiger partial charge is 0.242 e. The Balaban J connectivity index is 2.12. The topological polar surface area (TPSA) is 49.4 Å². The molecule has 2 aromatic carbocycles. The van der Waals surface area contributed by atoms with Gasteiger partial charge in [-0.1, -0.05) is 60.3 Å². The average Bonchev–Trinajstić information content (AvgIpc) is 2.74. The van der Waals surface area contributed by atoms with Gasteiger partial charge in [0.1, 0.15) is 11.9 Å². The Morgan fingerprint density at radius 3 is 2.56 bits per heavy atom. The van der Waals surface area contributed by atoms with E-state index in [1.807, 2.05) is 6.92 Å². The highest BCUT2D eigenvalue weighted by Gasteiger charge is 2.26. The van der Waals surface area contributed by atoms with Gasteiger partial charge in [0.05, 0.1) is 5.75 Å². The van der Waals surface area contributed by atoms with E-state index >= 15 is 0 Å². The summed E-state index contributed by atoms with van der Waals surface area (Å²) in [4.78, 5) is 27.2. The minimum Gasteiger partial charge on any atom is -0.354 e. The second kappa shape index (κ2) is 13.3. The molecule has 1 unspecified atom stereocenters. The van der Waals surface area contributed by atoms with Crippen molar-refractivity contribution in [3.8, 4) is 0 Å². The zero-order chi connectivity index (χ0) is 23.7. The normalized spacial score (nSPS) is 11.8. The number of hydrogen-bond donors (Lipinski definition) is 1. The van der Waals surface area contributed by atoms with Crippen LogP contribution in [0.25, 0.3) is 0 Å². The second-order valence-corrected chi connectivity index (χ2v) is 9.51. The van der Waals surface area contributed by atoms with E-state index in [1.165, 1.54) is 28.8 Å². The van der Waals surface area contributed by atoms with Crippen molar-refractivity contribution in [2.24, 2.45) is 0 Å². The average molecular weight is 520 g/mol. The first-order valence-corrected chi connectivity index (χ1v) is 12.5. The molecule has 0 radical (unpaired) electrons. The Hall–Kier alpha value is -1.47. The summed E-state index contributed by atoms with van der Waals surface area (Å²) in [6, 6.07) is 8.80. The number of unbranched alkanes of at least 4 members (excludes halogenated alkanes) is 1. The highest BCUT2D eigenvalue weighted by Crippen LogP contribution is 2.26. The summed E-state index contributed by atoms with van der Waals surface area (Å²) in [5, 5.41) is 4.08. The van der Waals surface area contributed by atoms with Crippen molar-refractivity contribution in [2.45, 2.75) is 45.0 Å². The molecule has 0 aromatic heterocycles. The van der Waals surface area contributed by atoms with Crippen LogP contribution in [0.1, 0.15) is 37.8 Å². The van der Waals surface area contributed by atoms with Gasteiger partial charge in [0.2, 0.25) is 11.8 Å². The molecule has 0 heterocycles. The number of nitrogens with one attached hydrogen (secondary N) is 1. The van der Waals surface area contributed by atoms with Crippen LogP contribution in [0.3, 0.4) is 0 Å². The molecule has 9 heteroatoms. The summed E-state index contributed by atoms with van der Waals surface area (Å²) < 4.78 is 14.0. The molecular weight excluding hydrogens is 494 g/mol. The van der Waals surface area contributed by atoms with Crippen LogP contribution in [0.2, 0.25) is 15.1 Å². The van der Waals surface area contributed by atoms with Crippen molar-refractivity contribution in [3.05, 3.63) is 68.4 Å². The summed E-state index contributed by atoms with van der Waals surface area (Å²) >= 11 is 19.6. The standard InChI is InChI=1S/C23H26Cl3FN2O2S/c1-3-4-10-28-23(31)15(2)29(12-16-8-9-17(24)11-20(16)26)22(30)14-32-13-18-19(25)6-5-7-21(18)27/h5-9,11,15H,3-4,10,12-14H2,1-2H3,(H,28,31). The number of thioether (sulfide) groups is 1. The first-order valence-electron chi connectivity index (χ1n) is 10.3. The van der Waals surface area contributed by atoms with E-state index in [0.29, 0.717) is 32.7 Å². The minimum absolute atomic E-state index is 0.0580. The van der Waals surface area contributed by atoms with Crippen LogP contribution in [-0.4, -0.2) is 35.1 Å². The summed E-state index contributed by atoms with van der Waals surface area (Å²) in [6.07, 6.45) is 1.81. The van der Waals surface area contributed by atoms with Gasteiger partial charge in [-0.05, 0) is 43.2 Å². The van der Waals surface area contributed by atoms with Gasteiger partial charge in [-0.25, -0.2) is 4.39 Å². The van der Waals surface area contributed by atoms with Crippen LogP contribution >= 0.6 is 46.6 Å². The molecular formula is C23H26Cl3FN2O2S. The van der Waals surface area contributed by atoms with Gasteiger partial charge in [-0.15, -0.1) is 11.8 Å². The van der Waals surface area contributed by atoms with E-state index in [9.17, 15) is 14.0 Å². The van der Waals surface area contributed by atoms with Crippen molar-refractivity contribution in [1.82, 2.24) is 10.2 Å². The third-order valence-electron chi connectivity index (χ3n) is 4.89. The van der Waals surface area contributed by atoms with Gasteiger partial charge in [0.25, 0.3) is 0 Å². The first-order chi connectivity index (χ1) is 15.2. The number of amides is 2. The zero-order valence-corrected chi connectivity index (χ0v) is 21.1. The van der Waals surface area contributed by atoms with Crippen LogP contribution in [0.4, 0.5) is 4.39 Å². The molecule has 0 aliphatic carbocycles. The molecule has 0 spiro atoms. The van der Waals surface area contributed by atoms with E-state index in [1.54, 1.807) is 31.2 Å². The number of hydrogen-bond acceptors (Lipinski definition) is 3. The van der Waals surface area contributed by atoms with Crippen LogP contribution in [0.15, 0.2) is 36.4 Å². The van der Waals surface area contributed by atoms with Crippen molar-refractivity contribution >= 4 is 58.4 Å². The lowest BCUT2D eigenvalue weighted by molar-refractivity contribution is -0.138. The van der Waals surface area contributed by atoms with E-state index in [0.717, 1.165) is 12.8 Å². The fourth-order valence-corrected chi connectivity index (χ4v) is 4.66. The maximum Gasteiger partial charge on any atom is 0.242 e. The molecule has 2 rings (SSSR count). The van der Waals surface area contributed by atoms with Gasteiger partial charge >= 0.3 is 0 Å². The summed E-state index contributed by atoms with van der Waals surface area (Å²) in [7, 11) is 0. The zero-order valence-electron chi connectivity index (χ0n) is 18.0. The molecule has 2 amide bonds. The Morgan fingerprint density at radius 2 is 1.91 bits per heavy atom. The largest absolute Gasteiger partial charge is 0.354 e. The number of benzene rings is 2. The number of carbonyl (C=O) groups is 2. The molecule has 0 aliphatic rings. The van der Waals surface area contributed by atoms with Gasteiger partial charge in [-0.3, -0.25) is 9.59 Å². The summed E-state index contributed by atoms with van der Waals surface area (Å²) in [5.41, 5.74) is 1.03. The Labute approximate surface area is 207 Å². The van der Waals surface area contributed by atoms with E-state index < -0.39 is 11.9 Å². The molecule has 2 aromatic rings. The highest BCUT2D eigenvalue weighted by molar-refractivity contribution is 7.99. The van der Waals surface area contributed by atoms with Crippen molar-refractivity contribution in [3.63, 3.8) is 0 Å². The SMILES string of the molecule is CCCCNC(=O)C(C)N(Cc1ccc(Cl)cc1Cl)C(=O)CSCc1c(F)cccc1Cl. The lowest BCUT2D eigenvalue weighted by Gasteiger charge is -2.29. The Kier molecular flexibility index (Phi) is 11.1. The molecule has 1 atom stereocenters. The van der Waals surface area contributed by atoms with E-state index in [2.05, 4.69) is 5.32 Å². The predicted octanol–water partition coefficient (Wildman–Crippen LogP) is 6.35. The van der Waals surface area contributed by atoms with Crippen molar-refractivity contribution < 1.29 is 14.0 Å². The molecule has 0 aliphatic heterocycles. The number of halogens is 4. The van der Waals surface area contributed by atoms with Gasteiger partial charge in [0.15, 0.2) is 0 Å². The van der Waals surface area contributed by atoms with Crippen molar-refractivity contribution in [2.75, 3.05) is 12.3 Å². The Bertz CT molecular complexity index is 925.